The molecule has 31 heavy (non-hydrogen) atoms. The van der Waals surface area contributed by atoms with Crippen LogP contribution < -0.4 is 0 Å². The van der Waals surface area contributed by atoms with Gasteiger partial charge >= 0.3 is 0 Å². The molecule has 2 aromatic heterocycles. The van der Waals surface area contributed by atoms with Crippen molar-refractivity contribution >= 4 is 35.0 Å². The first-order chi connectivity index (χ1) is 14.9. The van der Waals surface area contributed by atoms with E-state index in [4.69, 9.17) is 28.2 Å². The maximum atomic E-state index is 13.2. The van der Waals surface area contributed by atoms with Crippen molar-refractivity contribution in [2.24, 2.45) is 0 Å². The lowest BCUT2D eigenvalue weighted by Crippen LogP contribution is -2.39. The van der Waals surface area contributed by atoms with Crippen LogP contribution in [0.5, 0.6) is 0 Å². The highest BCUT2D eigenvalue weighted by atomic mass is 35.5. The van der Waals surface area contributed by atoms with Crippen LogP contribution in [-0.2, 0) is 0 Å². The van der Waals surface area contributed by atoms with Crippen molar-refractivity contribution in [2.75, 3.05) is 26.2 Å². The van der Waals surface area contributed by atoms with Crippen LogP contribution in [0.3, 0.4) is 0 Å². The van der Waals surface area contributed by atoms with Crippen molar-refractivity contribution in [3.63, 3.8) is 0 Å². The third-order valence-corrected chi connectivity index (χ3v) is 6.34. The Hall–Kier alpha value is -2.44. The summed E-state index contributed by atoms with van der Waals surface area (Å²) >= 11 is 12.1. The second-order valence-electron chi connectivity index (χ2n) is 7.93. The molecule has 162 valence electrons. The van der Waals surface area contributed by atoms with E-state index < -0.39 is 0 Å². The number of nitrogens with zero attached hydrogens (tertiary/aromatic N) is 4. The van der Waals surface area contributed by atoms with Crippen LogP contribution in [0.25, 0.3) is 0 Å². The highest BCUT2D eigenvalue weighted by Crippen LogP contribution is 2.31. The lowest BCUT2D eigenvalue weighted by Gasteiger charge is -2.33. The molecule has 0 aliphatic carbocycles. The standard InChI is InChI=1S/C23H24Cl2N4O2/c1-15-5-6-17(22(30)28-11-3-2-4-12-28)20(26-15)16-9-13-29(14-10-16)23(31)21-18(24)7-8-19(25)27-21/h2-3,5-8,16H,4,9-14H2,1H3. The van der Waals surface area contributed by atoms with Crippen molar-refractivity contribution < 1.29 is 9.59 Å². The third kappa shape index (κ3) is 4.75. The summed E-state index contributed by atoms with van der Waals surface area (Å²) in [5.74, 6) is -0.0779. The van der Waals surface area contributed by atoms with Gasteiger partial charge in [-0.3, -0.25) is 14.6 Å². The number of pyridine rings is 2. The molecule has 0 aromatic carbocycles. The summed E-state index contributed by atoms with van der Waals surface area (Å²) < 4.78 is 0. The highest BCUT2D eigenvalue weighted by Gasteiger charge is 2.30. The molecule has 4 rings (SSSR count). The molecule has 0 N–H and O–H groups in total. The Morgan fingerprint density at radius 1 is 0.935 bits per heavy atom. The number of rotatable bonds is 3. The Balaban J connectivity index is 1.50. The molecular weight excluding hydrogens is 435 g/mol. The molecule has 0 unspecified atom stereocenters. The van der Waals surface area contributed by atoms with E-state index in [0.29, 0.717) is 30.2 Å². The van der Waals surface area contributed by atoms with Crippen LogP contribution in [-0.4, -0.2) is 57.8 Å². The number of amides is 2. The zero-order valence-corrected chi connectivity index (χ0v) is 18.9. The average molecular weight is 459 g/mol. The molecule has 2 amide bonds. The minimum Gasteiger partial charge on any atom is -0.337 e. The van der Waals surface area contributed by atoms with Gasteiger partial charge in [-0.15, -0.1) is 0 Å². The summed E-state index contributed by atoms with van der Waals surface area (Å²) in [6, 6.07) is 6.93. The summed E-state index contributed by atoms with van der Waals surface area (Å²) in [6.45, 7) is 4.38. The molecule has 1 saturated heterocycles. The number of piperidine rings is 1. The Bertz CT molecular complexity index is 1030. The third-order valence-electron chi connectivity index (χ3n) is 5.82. The van der Waals surface area contributed by atoms with Crippen LogP contribution >= 0.6 is 23.2 Å². The Morgan fingerprint density at radius 2 is 1.71 bits per heavy atom. The fourth-order valence-corrected chi connectivity index (χ4v) is 4.47. The fraction of sp³-hybridized carbons (Fsp3) is 0.391. The zero-order chi connectivity index (χ0) is 22.0. The first-order valence-electron chi connectivity index (χ1n) is 10.5. The Kier molecular flexibility index (Phi) is 6.58. The van der Waals surface area contributed by atoms with Crippen LogP contribution in [0.1, 0.15) is 57.4 Å². The van der Waals surface area contributed by atoms with Crippen LogP contribution in [0.4, 0.5) is 0 Å². The maximum Gasteiger partial charge on any atom is 0.274 e. The van der Waals surface area contributed by atoms with E-state index in [-0.39, 0.29) is 28.6 Å². The van der Waals surface area contributed by atoms with Crippen molar-refractivity contribution in [1.82, 2.24) is 19.8 Å². The molecule has 0 radical (unpaired) electrons. The molecule has 8 heteroatoms. The number of carbonyl (C=O) groups excluding carboxylic acids is 2. The van der Waals surface area contributed by atoms with E-state index >= 15 is 0 Å². The SMILES string of the molecule is Cc1ccc(C(=O)N2CC=CCC2)c(C2CCN(C(=O)c3nc(Cl)ccc3Cl)CC2)n1. The number of hydrogen-bond donors (Lipinski definition) is 0. The summed E-state index contributed by atoms with van der Waals surface area (Å²) in [5, 5.41) is 0.530. The average Bonchev–Trinajstić information content (AvgIpc) is 2.80. The van der Waals surface area contributed by atoms with Gasteiger partial charge in [0.25, 0.3) is 11.8 Å². The number of aromatic nitrogens is 2. The molecule has 0 saturated carbocycles. The van der Waals surface area contributed by atoms with Crippen molar-refractivity contribution in [3.8, 4) is 0 Å². The lowest BCUT2D eigenvalue weighted by molar-refractivity contribution is 0.0700. The van der Waals surface area contributed by atoms with Gasteiger partial charge in [0, 0.05) is 37.8 Å². The minimum absolute atomic E-state index is 0.0280. The van der Waals surface area contributed by atoms with Crippen molar-refractivity contribution in [3.05, 3.63) is 69.2 Å². The maximum absolute atomic E-state index is 13.2. The molecule has 0 atom stereocenters. The van der Waals surface area contributed by atoms with Crippen molar-refractivity contribution in [2.45, 2.75) is 32.1 Å². The summed E-state index contributed by atoms with van der Waals surface area (Å²) in [6.07, 6.45) is 6.45. The van der Waals surface area contributed by atoms with E-state index in [0.717, 1.165) is 37.2 Å². The zero-order valence-electron chi connectivity index (χ0n) is 17.4. The van der Waals surface area contributed by atoms with Gasteiger partial charge in [0.05, 0.1) is 16.3 Å². The first kappa shape index (κ1) is 21.8. The topological polar surface area (TPSA) is 66.4 Å². The second kappa shape index (κ2) is 9.37. The Morgan fingerprint density at radius 3 is 2.42 bits per heavy atom. The van der Waals surface area contributed by atoms with E-state index in [1.54, 1.807) is 17.0 Å². The molecule has 2 aliphatic rings. The Labute approximate surface area is 191 Å². The lowest BCUT2D eigenvalue weighted by atomic mass is 9.89. The summed E-state index contributed by atoms with van der Waals surface area (Å²) in [7, 11) is 0. The number of aryl methyl sites for hydroxylation is 1. The van der Waals surface area contributed by atoms with E-state index in [1.807, 2.05) is 30.0 Å². The van der Waals surface area contributed by atoms with E-state index in [1.165, 1.54) is 0 Å². The molecule has 0 bridgehead atoms. The van der Waals surface area contributed by atoms with Crippen LogP contribution in [0.15, 0.2) is 36.4 Å². The molecule has 1 fully saturated rings. The van der Waals surface area contributed by atoms with Gasteiger partial charge in [-0.25, -0.2) is 4.98 Å². The van der Waals surface area contributed by atoms with Crippen LogP contribution in [0, 0.1) is 6.92 Å². The van der Waals surface area contributed by atoms with Gasteiger partial charge < -0.3 is 9.80 Å². The fourth-order valence-electron chi connectivity index (χ4n) is 4.14. The number of halogens is 2. The van der Waals surface area contributed by atoms with Crippen LogP contribution in [0.2, 0.25) is 10.2 Å². The minimum atomic E-state index is -0.223. The van der Waals surface area contributed by atoms with Gasteiger partial charge in [0.15, 0.2) is 0 Å². The number of carbonyl (C=O) groups is 2. The summed E-state index contributed by atoms with van der Waals surface area (Å²) in [4.78, 5) is 38.5. The molecule has 6 nitrogen and oxygen atoms in total. The monoisotopic (exact) mass is 458 g/mol. The van der Waals surface area contributed by atoms with Gasteiger partial charge in [-0.05, 0) is 50.5 Å². The van der Waals surface area contributed by atoms with Gasteiger partial charge in [0.1, 0.15) is 10.8 Å². The molecule has 0 spiro atoms. The first-order valence-corrected chi connectivity index (χ1v) is 11.2. The molecule has 2 aliphatic heterocycles. The second-order valence-corrected chi connectivity index (χ2v) is 8.72. The van der Waals surface area contributed by atoms with E-state index in [2.05, 4.69) is 11.1 Å². The summed E-state index contributed by atoms with van der Waals surface area (Å²) in [5.41, 5.74) is 2.57. The number of hydrogen-bond acceptors (Lipinski definition) is 4. The molecular formula is C23H24Cl2N4O2. The molecule has 2 aromatic rings. The van der Waals surface area contributed by atoms with Crippen molar-refractivity contribution in [1.29, 1.82) is 0 Å². The van der Waals surface area contributed by atoms with Gasteiger partial charge in [-0.1, -0.05) is 35.4 Å². The predicted molar refractivity (Wildman–Crippen MR) is 121 cm³/mol. The largest absolute Gasteiger partial charge is 0.337 e. The normalized spacial score (nSPS) is 17.1. The smallest absolute Gasteiger partial charge is 0.274 e. The molecule has 4 heterocycles. The number of likely N-dealkylation sites (tertiary alicyclic amines) is 1. The van der Waals surface area contributed by atoms with Gasteiger partial charge in [-0.2, -0.15) is 0 Å². The quantitative estimate of drug-likeness (QED) is 0.500. The highest BCUT2D eigenvalue weighted by molar-refractivity contribution is 6.34. The van der Waals surface area contributed by atoms with E-state index in [9.17, 15) is 9.59 Å². The van der Waals surface area contributed by atoms with Gasteiger partial charge in [0.2, 0.25) is 0 Å². The predicted octanol–water partition coefficient (Wildman–Crippen LogP) is 4.51.